The molecule has 152 valence electrons. The number of ether oxygens (including phenoxy) is 1. The molecule has 0 bridgehead atoms. The Kier molecular flexibility index (Phi) is 6.06. The number of guanidine groups is 1. The lowest BCUT2D eigenvalue weighted by atomic mass is 10.1. The molecule has 0 fully saturated rings. The van der Waals surface area contributed by atoms with Crippen molar-refractivity contribution in [2.24, 2.45) is 10.7 Å². The molecule has 0 amide bonds. The van der Waals surface area contributed by atoms with Gasteiger partial charge in [-0.2, -0.15) is 0 Å². The van der Waals surface area contributed by atoms with Crippen LogP contribution in [0.1, 0.15) is 17.0 Å². The number of hydrogen-bond acceptors (Lipinski definition) is 3. The Morgan fingerprint density at radius 2 is 1.90 bits per heavy atom. The predicted molar refractivity (Wildman–Crippen MR) is 105 cm³/mol. The van der Waals surface area contributed by atoms with E-state index >= 15 is 0 Å². The number of imidazole rings is 1. The molecule has 0 unspecified atom stereocenters. The molecule has 9 heteroatoms. The molecule has 0 aliphatic rings. The highest BCUT2D eigenvalue weighted by molar-refractivity contribution is 5.92. The summed E-state index contributed by atoms with van der Waals surface area (Å²) in [5.41, 5.74) is 8.48. The van der Waals surface area contributed by atoms with Gasteiger partial charge in [0, 0.05) is 24.6 Å². The second-order valence-corrected chi connectivity index (χ2v) is 6.32. The topological polar surface area (TPSA) is 77.5 Å². The number of rotatable bonds is 6. The molecule has 29 heavy (non-hydrogen) atoms. The number of anilines is 1. The lowest BCUT2D eigenvalue weighted by molar-refractivity contribution is -0.274. The highest BCUT2D eigenvalue weighted by Crippen LogP contribution is 2.23. The van der Waals surface area contributed by atoms with Crippen LogP contribution in [0.3, 0.4) is 0 Å². The Morgan fingerprint density at radius 3 is 2.55 bits per heavy atom. The number of aliphatic imine (C=N–C) groups is 1. The zero-order chi connectivity index (χ0) is 20.9. The van der Waals surface area contributed by atoms with Crippen molar-refractivity contribution >= 4 is 11.6 Å². The van der Waals surface area contributed by atoms with E-state index in [1.54, 1.807) is 6.20 Å². The van der Waals surface area contributed by atoms with Crippen LogP contribution in [-0.4, -0.2) is 21.9 Å². The fraction of sp³-hybridized carbons (Fsp3) is 0.200. The molecule has 0 aliphatic carbocycles. The fourth-order valence-corrected chi connectivity index (χ4v) is 2.70. The fourth-order valence-electron chi connectivity index (χ4n) is 2.70. The van der Waals surface area contributed by atoms with Gasteiger partial charge in [-0.1, -0.05) is 24.3 Å². The van der Waals surface area contributed by atoms with Crippen LogP contribution in [0.2, 0.25) is 0 Å². The van der Waals surface area contributed by atoms with Crippen LogP contribution < -0.4 is 15.8 Å². The van der Waals surface area contributed by atoms with Crippen LogP contribution in [0.25, 0.3) is 0 Å². The Bertz CT molecular complexity index is 980. The van der Waals surface area contributed by atoms with Crippen molar-refractivity contribution < 1.29 is 17.9 Å². The largest absolute Gasteiger partial charge is 0.573 e. The van der Waals surface area contributed by atoms with Crippen molar-refractivity contribution in [2.45, 2.75) is 26.4 Å². The molecule has 0 aliphatic heterocycles. The van der Waals surface area contributed by atoms with Gasteiger partial charge in [0.2, 0.25) is 0 Å². The number of hydrogen-bond donors (Lipinski definition) is 2. The molecule has 3 rings (SSSR count). The Labute approximate surface area is 165 Å². The number of nitrogens with zero attached hydrogens (tertiary/aromatic N) is 3. The van der Waals surface area contributed by atoms with E-state index in [0.717, 1.165) is 17.0 Å². The Balaban J connectivity index is 1.58. The van der Waals surface area contributed by atoms with Gasteiger partial charge >= 0.3 is 6.36 Å². The first-order chi connectivity index (χ1) is 13.8. The number of aromatic nitrogens is 2. The van der Waals surface area contributed by atoms with Gasteiger partial charge in [-0.3, -0.25) is 0 Å². The van der Waals surface area contributed by atoms with Gasteiger partial charge in [0.25, 0.3) is 0 Å². The summed E-state index contributed by atoms with van der Waals surface area (Å²) in [7, 11) is 0. The summed E-state index contributed by atoms with van der Waals surface area (Å²) < 4.78 is 42.4. The number of aryl methyl sites for hydroxylation is 1. The van der Waals surface area contributed by atoms with Crippen LogP contribution in [0.5, 0.6) is 5.75 Å². The van der Waals surface area contributed by atoms with Crippen molar-refractivity contribution in [3.05, 3.63) is 77.9 Å². The zero-order valence-electron chi connectivity index (χ0n) is 15.6. The second kappa shape index (κ2) is 8.68. The lowest BCUT2D eigenvalue weighted by Crippen LogP contribution is -2.22. The summed E-state index contributed by atoms with van der Waals surface area (Å²) in [5.74, 6) is 0.794. The summed E-state index contributed by atoms with van der Waals surface area (Å²) in [5, 5.41) is 2.84. The van der Waals surface area contributed by atoms with E-state index in [9.17, 15) is 13.2 Å². The molecule has 0 saturated heterocycles. The molecule has 0 saturated carbocycles. The number of alkyl halides is 3. The molecule has 6 nitrogen and oxygen atoms in total. The van der Waals surface area contributed by atoms with Crippen LogP contribution in [0, 0.1) is 6.92 Å². The maximum atomic E-state index is 12.2. The van der Waals surface area contributed by atoms with Gasteiger partial charge in [0.05, 0.1) is 6.54 Å². The van der Waals surface area contributed by atoms with Gasteiger partial charge in [-0.15, -0.1) is 13.2 Å². The van der Waals surface area contributed by atoms with Crippen molar-refractivity contribution in [3.63, 3.8) is 0 Å². The number of benzene rings is 2. The average molecular weight is 403 g/mol. The third-order valence-electron chi connectivity index (χ3n) is 4.06. The van der Waals surface area contributed by atoms with E-state index in [0.29, 0.717) is 18.8 Å². The van der Waals surface area contributed by atoms with Gasteiger partial charge in [-0.25, -0.2) is 9.98 Å². The van der Waals surface area contributed by atoms with Gasteiger partial charge < -0.3 is 20.4 Å². The summed E-state index contributed by atoms with van der Waals surface area (Å²) >= 11 is 0. The van der Waals surface area contributed by atoms with Crippen LogP contribution in [0.4, 0.5) is 18.9 Å². The molecule has 1 aromatic heterocycles. The zero-order valence-corrected chi connectivity index (χ0v) is 15.6. The summed E-state index contributed by atoms with van der Waals surface area (Å²) in [6.45, 7) is 3.02. The molecular weight excluding hydrogens is 383 g/mol. The first kappa shape index (κ1) is 20.2. The third kappa shape index (κ3) is 6.27. The minimum atomic E-state index is -4.72. The van der Waals surface area contributed by atoms with E-state index in [1.807, 2.05) is 42.0 Å². The molecule has 3 aromatic rings. The van der Waals surface area contributed by atoms with Crippen molar-refractivity contribution in [2.75, 3.05) is 5.32 Å². The van der Waals surface area contributed by atoms with E-state index in [2.05, 4.69) is 20.0 Å². The smallest absolute Gasteiger partial charge is 0.406 e. The first-order valence-electron chi connectivity index (χ1n) is 8.77. The molecule has 3 N–H and O–H groups in total. The summed E-state index contributed by atoms with van der Waals surface area (Å²) in [6, 6.07) is 13.2. The summed E-state index contributed by atoms with van der Waals surface area (Å²) in [4.78, 5) is 8.49. The first-order valence-corrected chi connectivity index (χ1v) is 8.77. The molecule has 2 aromatic carbocycles. The van der Waals surface area contributed by atoms with Gasteiger partial charge in [-0.05, 0) is 42.3 Å². The number of halogens is 3. The Hall–Kier alpha value is -3.49. The number of nitrogens with one attached hydrogen (secondary N) is 1. The second-order valence-electron chi connectivity index (χ2n) is 6.32. The molecule has 1 heterocycles. The lowest BCUT2D eigenvalue weighted by Gasteiger charge is -2.10. The normalized spacial score (nSPS) is 12.1. The maximum Gasteiger partial charge on any atom is 0.573 e. The molecular formula is C20H20F3N5O. The van der Waals surface area contributed by atoms with Gasteiger partial charge in [0.15, 0.2) is 5.96 Å². The van der Waals surface area contributed by atoms with Crippen LogP contribution in [-0.2, 0) is 13.1 Å². The number of nitrogens with two attached hydrogens (primary N) is 1. The van der Waals surface area contributed by atoms with E-state index in [-0.39, 0.29) is 11.7 Å². The van der Waals surface area contributed by atoms with Crippen LogP contribution in [0.15, 0.2) is 65.9 Å². The maximum absolute atomic E-state index is 12.2. The van der Waals surface area contributed by atoms with Crippen LogP contribution >= 0.6 is 0 Å². The summed E-state index contributed by atoms with van der Waals surface area (Å²) in [6.07, 6.45) is -1.04. The van der Waals surface area contributed by atoms with Crippen molar-refractivity contribution in [3.8, 4) is 5.75 Å². The highest BCUT2D eigenvalue weighted by Gasteiger charge is 2.30. The minimum Gasteiger partial charge on any atom is -0.406 e. The minimum absolute atomic E-state index is 0.158. The standard InChI is InChI=1S/C20H20F3N5O/c1-14-25-9-10-28(14)13-16-4-2-3-15(11-16)12-26-19(24)27-17-5-7-18(8-6-17)29-20(21,22)23/h2-11H,12-13H2,1H3,(H3,24,26,27). The SMILES string of the molecule is Cc1nccn1Cc1cccc(CN=C(N)Nc2ccc(OC(F)(F)F)cc2)c1. The van der Waals surface area contributed by atoms with E-state index < -0.39 is 6.36 Å². The molecule has 0 radical (unpaired) electrons. The van der Waals surface area contributed by atoms with E-state index in [4.69, 9.17) is 5.73 Å². The molecule has 0 atom stereocenters. The average Bonchev–Trinajstić information content (AvgIpc) is 3.05. The van der Waals surface area contributed by atoms with Crippen molar-refractivity contribution in [1.29, 1.82) is 0 Å². The highest BCUT2D eigenvalue weighted by atomic mass is 19.4. The van der Waals surface area contributed by atoms with Gasteiger partial charge in [0.1, 0.15) is 11.6 Å². The Morgan fingerprint density at radius 1 is 1.17 bits per heavy atom. The monoisotopic (exact) mass is 403 g/mol. The third-order valence-corrected chi connectivity index (χ3v) is 4.06. The quantitative estimate of drug-likeness (QED) is 0.481. The van der Waals surface area contributed by atoms with Crippen molar-refractivity contribution in [1.82, 2.24) is 9.55 Å². The molecule has 0 spiro atoms. The van der Waals surface area contributed by atoms with E-state index in [1.165, 1.54) is 24.3 Å². The predicted octanol–water partition coefficient (Wildman–Crippen LogP) is 4.07.